The lowest BCUT2D eigenvalue weighted by atomic mass is 10.2. The molecule has 0 unspecified atom stereocenters. The third-order valence-corrected chi connectivity index (χ3v) is 6.21. The molecule has 0 bridgehead atoms. The number of carbonyl (C=O) groups is 1. The van der Waals surface area contributed by atoms with Crippen molar-refractivity contribution in [3.05, 3.63) is 85.5 Å². The van der Waals surface area contributed by atoms with Crippen molar-refractivity contribution < 1.29 is 14.5 Å². The maximum absolute atomic E-state index is 12.6. The number of aromatic nitrogens is 1. The zero-order valence-electron chi connectivity index (χ0n) is 18.0. The number of nitrogens with one attached hydrogen (secondary N) is 1. The van der Waals surface area contributed by atoms with Gasteiger partial charge in [0.15, 0.2) is 5.17 Å². The summed E-state index contributed by atoms with van der Waals surface area (Å²) in [6.45, 7) is 3.82. The number of hydrogen-bond acceptors (Lipinski definition) is 6. The highest BCUT2D eigenvalue weighted by Gasteiger charge is 2.25. The molecular weight excluding hydrogens is 464 g/mol. The van der Waals surface area contributed by atoms with E-state index in [2.05, 4.69) is 10.3 Å². The fourth-order valence-corrected chi connectivity index (χ4v) is 4.55. The number of carbonyl (C=O) groups excluding carboxylic acids is 1. The van der Waals surface area contributed by atoms with Gasteiger partial charge in [0.25, 0.3) is 11.6 Å². The monoisotopic (exact) mass is 482 g/mol. The molecule has 1 aliphatic rings. The molecule has 0 saturated carbocycles. The Bertz CT molecular complexity index is 1350. The number of aryl methyl sites for hydroxylation is 1. The quantitative estimate of drug-likeness (QED) is 0.292. The second kappa shape index (κ2) is 9.13. The Balaban J connectivity index is 1.66. The molecule has 8 nitrogen and oxygen atoms in total. The summed E-state index contributed by atoms with van der Waals surface area (Å²) in [5.74, 6) is 0.277. The van der Waals surface area contributed by atoms with Crippen LogP contribution in [0.5, 0.6) is 5.75 Å². The molecule has 3 aromatic rings. The number of nitro groups is 1. The van der Waals surface area contributed by atoms with E-state index in [1.54, 1.807) is 30.3 Å². The molecule has 10 heteroatoms. The number of aliphatic imine (C=N–C) groups is 1. The first kappa shape index (κ1) is 22.6. The highest BCUT2D eigenvalue weighted by molar-refractivity contribution is 8.18. The van der Waals surface area contributed by atoms with E-state index in [4.69, 9.17) is 16.3 Å². The molecule has 1 aromatic heterocycles. The van der Waals surface area contributed by atoms with Crippen molar-refractivity contribution >= 4 is 51.9 Å². The lowest BCUT2D eigenvalue weighted by molar-refractivity contribution is -0.384. The first-order valence-electron chi connectivity index (χ1n) is 9.83. The van der Waals surface area contributed by atoms with Gasteiger partial charge in [0.1, 0.15) is 11.4 Å². The molecule has 33 heavy (non-hydrogen) atoms. The van der Waals surface area contributed by atoms with Crippen LogP contribution in [-0.2, 0) is 4.79 Å². The van der Waals surface area contributed by atoms with Crippen LogP contribution >= 0.6 is 23.4 Å². The molecule has 0 spiro atoms. The standard InChI is InChI=1S/C23H19ClN4O4S/c1-13-9-15(14(2)27(13)17-5-4-6-18(12-17)28(30)31)10-21-22(29)26-23(33-21)25-19-11-16(24)7-8-20(19)32-3/h4-12H,1-3H3,(H,25,26,29)/b21-10-. The third kappa shape index (κ3) is 4.64. The number of methoxy groups -OCH3 is 1. The summed E-state index contributed by atoms with van der Waals surface area (Å²) in [6.07, 6.45) is 1.79. The fourth-order valence-electron chi connectivity index (χ4n) is 3.56. The van der Waals surface area contributed by atoms with Gasteiger partial charge in [-0.25, -0.2) is 4.99 Å². The highest BCUT2D eigenvalue weighted by atomic mass is 35.5. The number of halogens is 1. The first-order valence-corrected chi connectivity index (χ1v) is 11.0. The fraction of sp³-hybridized carbons (Fsp3) is 0.130. The van der Waals surface area contributed by atoms with Crippen LogP contribution in [-0.4, -0.2) is 27.7 Å². The third-order valence-electron chi connectivity index (χ3n) is 5.07. The average molecular weight is 483 g/mol. The Labute approximate surface area is 199 Å². The van der Waals surface area contributed by atoms with Crippen LogP contribution in [0.4, 0.5) is 11.4 Å². The molecule has 1 fully saturated rings. The Morgan fingerprint density at radius 1 is 1.21 bits per heavy atom. The lowest BCUT2D eigenvalue weighted by Gasteiger charge is -2.09. The van der Waals surface area contributed by atoms with Gasteiger partial charge in [-0.1, -0.05) is 17.7 Å². The topological polar surface area (TPSA) is 98.8 Å². The molecule has 1 aliphatic heterocycles. The van der Waals surface area contributed by atoms with E-state index >= 15 is 0 Å². The van der Waals surface area contributed by atoms with Crippen LogP contribution in [0.25, 0.3) is 11.8 Å². The molecule has 0 atom stereocenters. The number of hydrogen-bond donors (Lipinski definition) is 1. The van der Waals surface area contributed by atoms with Gasteiger partial charge in [-0.3, -0.25) is 14.9 Å². The minimum atomic E-state index is -0.421. The number of non-ortho nitro benzene ring substituents is 1. The van der Waals surface area contributed by atoms with E-state index in [9.17, 15) is 14.9 Å². The summed E-state index contributed by atoms with van der Waals surface area (Å²) >= 11 is 7.28. The van der Waals surface area contributed by atoms with Crippen molar-refractivity contribution in [2.45, 2.75) is 13.8 Å². The molecule has 0 radical (unpaired) electrons. The minimum absolute atomic E-state index is 0.0166. The summed E-state index contributed by atoms with van der Waals surface area (Å²) in [6, 6.07) is 13.4. The molecular formula is C23H19ClN4O4S. The van der Waals surface area contributed by atoms with Crippen LogP contribution in [0, 0.1) is 24.0 Å². The number of rotatable bonds is 5. The second-order valence-corrected chi connectivity index (χ2v) is 8.70. The predicted molar refractivity (Wildman–Crippen MR) is 131 cm³/mol. The van der Waals surface area contributed by atoms with E-state index < -0.39 is 4.92 Å². The van der Waals surface area contributed by atoms with Crippen LogP contribution < -0.4 is 10.1 Å². The molecule has 168 valence electrons. The van der Waals surface area contributed by atoms with Gasteiger partial charge >= 0.3 is 0 Å². The van der Waals surface area contributed by atoms with Gasteiger partial charge in [0.05, 0.1) is 22.6 Å². The molecule has 1 saturated heterocycles. The smallest absolute Gasteiger partial charge is 0.271 e. The van der Waals surface area contributed by atoms with Crippen molar-refractivity contribution in [2.75, 3.05) is 7.11 Å². The Morgan fingerprint density at radius 3 is 2.73 bits per heavy atom. The van der Waals surface area contributed by atoms with Gasteiger partial charge in [-0.15, -0.1) is 0 Å². The van der Waals surface area contributed by atoms with Crippen molar-refractivity contribution in [2.24, 2.45) is 4.99 Å². The summed E-state index contributed by atoms with van der Waals surface area (Å²) in [5, 5.41) is 14.8. The molecule has 1 N–H and O–H groups in total. The SMILES string of the molecule is COc1ccc(Cl)cc1N=C1NC(=O)/C(=C/c2cc(C)n(-c3cccc([N+](=O)[O-])c3)c2C)S1. The number of thioether (sulfide) groups is 1. The van der Waals surface area contributed by atoms with Crippen LogP contribution in [0.3, 0.4) is 0 Å². The van der Waals surface area contributed by atoms with Crippen molar-refractivity contribution in [3.8, 4) is 11.4 Å². The molecule has 1 amide bonds. The largest absolute Gasteiger partial charge is 0.494 e. The summed E-state index contributed by atoms with van der Waals surface area (Å²) in [5.41, 5.74) is 3.79. The Morgan fingerprint density at radius 2 is 2.00 bits per heavy atom. The molecule has 2 aromatic carbocycles. The molecule has 2 heterocycles. The van der Waals surface area contributed by atoms with Gasteiger partial charge < -0.3 is 14.6 Å². The van der Waals surface area contributed by atoms with Gasteiger partial charge in [-0.05, 0) is 67.6 Å². The number of benzene rings is 2. The van der Waals surface area contributed by atoms with E-state index in [-0.39, 0.29) is 11.6 Å². The maximum Gasteiger partial charge on any atom is 0.271 e. The van der Waals surface area contributed by atoms with Gasteiger partial charge in [0, 0.05) is 28.5 Å². The summed E-state index contributed by atoms with van der Waals surface area (Å²) in [4.78, 5) is 28.3. The Hall–Kier alpha value is -3.56. The molecule has 4 rings (SSSR count). The number of amidine groups is 1. The lowest BCUT2D eigenvalue weighted by Crippen LogP contribution is -2.19. The zero-order chi connectivity index (χ0) is 23.7. The van der Waals surface area contributed by atoms with Crippen molar-refractivity contribution in [3.63, 3.8) is 0 Å². The first-order chi connectivity index (χ1) is 15.8. The second-order valence-electron chi connectivity index (χ2n) is 7.24. The molecule has 0 aliphatic carbocycles. The Kier molecular flexibility index (Phi) is 6.26. The maximum atomic E-state index is 12.6. The number of nitrogens with zero attached hydrogens (tertiary/aromatic N) is 3. The van der Waals surface area contributed by atoms with E-state index in [1.807, 2.05) is 30.5 Å². The van der Waals surface area contributed by atoms with Gasteiger partial charge in [-0.2, -0.15) is 0 Å². The number of ether oxygens (including phenoxy) is 1. The number of amides is 1. The van der Waals surface area contributed by atoms with E-state index in [1.165, 1.54) is 31.0 Å². The van der Waals surface area contributed by atoms with E-state index in [0.717, 1.165) is 17.0 Å². The summed E-state index contributed by atoms with van der Waals surface area (Å²) in [7, 11) is 1.54. The summed E-state index contributed by atoms with van der Waals surface area (Å²) < 4.78 is 7.23. The van der Waals surface area contributed by atoms with Crippen molar-refractivity contribution in [1.82, 2.24) is 9.88 Å². The normalized spacial score (nSPS) is 15.8. The van der Waals surface area contributed by atoms with Crippen LogP contribution in [0.2, 0.25) is 5.02 Å². The average Bonchev–Trinajstić information content (AvgIpc) is 3.26. The minimum Gasteiger partial charge on any atom is -0.494 e. The highest BCUT2D eigenvalue weighted by Crippen LogP contribution is 2.35. The van der Waals surface area contributed by atoms with Crippen molar-refractivity contribution in [1.29, 1.82) is 0 Å². The predicted octanol–water partition coefficient (Wildman–Crippen LogP) is 5.56. The van der Waals surface area contributed by atoms with Crippen LogP contribution in [0.1, 0.15) is 17.0 Å². The van der Waals surface area contributed by atoms with Crippen LogP contribution in [0.15, 0.2) is 58.4 Å². The number of nitro benzene ring substituents is 1. The van der Waals surface area contributed by atoms with E-state index in [0.29, 0.717) is 32.2 Å². The van der Waals surface area contributed by atoms with Gasteiger partial charge in [0.2, 0.25) is 0 Å². The zero-order valence-corrected chi connectivity index (χ0v) is 19.5.